The van der Waals surface area contributed by atoms with E-state index < -0.39 is 0 Å². The molecule has 0 atom stereocenters. The highest BCUT2D eigenvalue weighted by molar-refractivity contribution is 6.05. The number of aromatic nitrogens is 5. The third-order valence-electron chi connectivity index (χ3n) is 9.50. The van der Waals surface area contributed by atoms with Crippen LogP contribution in [0.4, 0.5) is 17.1 Å². The molecule has 7 nitrogen and oxygen atoms in total. The summed E-state index contributed by atoms with van der Waals surface area (Å²) in [5, 5.41) is 2.09. The lowest BCUT2D eigenvalue weighted by Crippen LogP contribution is -2.09. The highest BCUT2D eigenvalue weighted by Crippen LogP contribution is 2.38. The zero-order valence-electron chi connectivity index (χ0n) is 27.8. The molecule has 6 heterocycles. The van der Waals surface area contributed by atoms with Crippen molar-refractivity contribution in [1.29, 1.82) is 0 Å². The quantitative estimate of drug-likeness (QED) is 0.174. The van der Waals surface area contributed by atoms with Crippen LogP contribution < -0.4 is 4.90 Å². The predicted molar refractivity (Wildman–Crippen MR) is 209 cm³/mol. The van der Waals surface area contributed by atoms with Crippen molar-refractivity contribution in [3.63, 3.8) is 0 Å². The second-order valence-electron chi connectivity index (χ2n) is 12.7. The first-order chi connectivity index (χ1) is 25.7. The number of nitrogens with zero attached hydrogens (tertiary/aromatic N) is 6. The molecule has 244 valence electrons. The minimum Gasteiger partial charge on any atom is -0.456 e. The number of pyridine rings is 5. The van der Waals surface area contributed by atoms with Crippen LogP contribution in [0.25, 0.3) is 77.5 Å². The van der Waals surface area contributed by atoms with Crippen molar-refractivity contribution < 1.29 is 4.42 Å². The number of anilines is 3. The Hall–Kier alpha value is -7.25. The molecule has 0 unspecified atom stereocenters. The molecule has 0 saturated carbocycles. The van der Waals surface area contributed by atoms with Crippen LogP contribution in [-0.2, 0) is 0 Å². The molecule has 6 aromatic heterocycles. The fraction of sp³-hybridized carbons (Fsp3) is 0. The van der Waals surface area contributed by atoms with Crippen LogP contribution in [0.1, 0.15) is 0 Å². The second-order valence-corrected chi connectivity index (χ2v) is 12.7. The van der Waals surface area contributed by atoms with E-state index in [1.165, 1.54) is 0 Å². The molecule has 4 aromatic carbocycles. The first-order valence-electron chi connectivity index (χ1n) is 17.0. The molecule has 0 aliphatic carbocycles. The molecule has 7 heteroatoms. The van der Waals surface area contributed by atoms with Gasteiger partial charge in [-0.05, 0) is 90.0 Å². The molecule has 10 aromatic rings. The molecule has 0 aliphatic rings. The number of para-hydroxylation sites is 1. The van der Waals surface area contributed by atoms with Crippen LogP contribution in [0.3, 0.4) is 0 Å². The van der Waals surface area contributed by atoms with E-state index in [0.29, 0.717) is 0 Å². The minimum atomic E-state index is 0.826. The van der Waals surface area contributed by atoms with Crippen molar-refractivity contribution in [3.8, 4) is 33.5 Å². The van der Waals surface area contributed by atoms with Crippen LogP contribution in [0.2, 0.25) is 0 Å². The van der Waals surface area contributed by atoms with E-state index in [1.807, 2.05) is 67.1 Å². The van der Waals surface area contributed by atoms with Gasteiger partial charge in [-0.25, -0.2) is 0 Å². The van der Waals surface area contributed by atoms with Gasteiger partial charge in [-0.1, -0.05) is 54.6 Å². The number of rotatable bonds is 6. The summed E-state index contributed by atoms with van der Waals surface area (Å²) in [6, 6.07) is 47.7. The zero-order valence-corrected chi connectivity index (χ0v) is 27.8. The monoisotopic (exact) mass is 668 g/mol. The van der Waals surface area contributed by atoms with Gasteiger partial charge in [0, 0.05) is 81.6 Å². The Morgan fingerprint density at radius 3 is 1.48 bits per heavy atom. The van der Waals surface area contributed by atoms with Gasteiger partial charge in [0.05, 0.1) is 27.8 Å². The third kappa shape index (κ3) is 5.28. The van der Waals surface area contributed by atoms with E-state index >= 15 is 0 Å². The summed E-state index contributed by atoms with van der Waals surface area (Å²) >= 11 is 0. The Morgan fingerprint density at radius 1 is 0.365 bits per heavy atom. The lowest BCUT2D eigenvalue weighted by molar-refractivity contribution is 0.668. The van der Waals surface area contributed by atoms with Crippen molar-refractivity contribution in [2.45, 2.75) is 0 Å². The second kappa shape index (κ2) is 12.3. The lowest BCUT2D eigenvalue weighted by atomic mass is 10.0. The summed E-state index contributed by atoms with van der Waals surface area (Å²) < 4.78 is 6.15. The summed E-state index contributed by atoms with van der Waals surface area (Å²) in [5.41, 5.74) is 14.3. The summed E-state index contributed by atoms with van der Waals surface area (Å²) in [6.45, 7) is 0. The normalized spacial score (nSPS) is 11.5. The van der Waals surface area contributed by atoms with Gasteiger partial charge in [-0.2, -0.15) is 0 Å². The van der Waals surface area contributed by atoms with Gasteiger partial charge in [0.2, 0.25) is 0 Å². The fourth-order valence-electron chi connectivity index (χ4n) is 6.83. The van der Waals surface area contributed by atoms with Crippen molar-refractivity contribution in [2.24, 2.45) is 0 Å². The number of furan rings is 1. The van der Waals surface area contributed by atoms with Crippen LogP contribution in [0.15, 0.2) is 175 Å². The van der Waals surface area contributed by atoms with E-state index in [1.54, 1.807) is 12.4 Å². The minimum absolute atomic E-state index is 0.826. The average molecular weight is 669 g/mol. The van der Waals surface area contributed by atoms with E-state index in [0.717, 1.165) is 94.6 Å². The molecule has 10 rings (SSSR count). The number of benzene rings is 4. The Labute approximate surface area is 298 Å². The van der Waals surface area contributed by atoms with Gasteiger partial charge in [0.25, 0.3) is 0 Å². The van der Waals surface area contributed by atoms with E-state index in [2.05, 4.69) is 116 Å². The highest BCUT2D eigenvalue weighted by Gasteiger charge is 2.15. The Balaban J connectivity index is 1.02. The number of hydrogen-bond donors (Lipinski definition) is 0. The van der Waals surface area contributed by atoms with Gasteiger partial charge < -0.3 is 9.32 Å². The molecule has 0 aliphatic heterocycles. The maximum Gasteiger partial charge on any atom is 0.139 e. The maximum absolute atomic E-state index is 6.15. The average Bonchev–Trinajstić information content (AvgIpc) is 3.59. The van der Waals surface area contributed by atoms with Gasteiger partial charge in [-0.15, -0.1) is 0 Å². The standard InChI is InChI=1S/C45H28N6O/c1-2-8-44-37(5-1)38-28-50-41(25-45(38)52-44)31-13-19-36(20-14-31)51(34-15-9-29(10-16-34)32-23-42-39(48-26-32)6-3-21-46-42)35-17-11-30(12-18-35)33-24-43-40(49-27-33)7-4-22-47-43/h1-28H. The Bertz CT molecular complexity index is 2780. The number of hydrogen-bond acceptors (Lipinski definition) is 7. The smallest absolute Gasteiger partial charge is 0.139 e. The molecular weight excluding hydrogens is 641 g/mol. The van der Waals surface area contributed by atoms with Crippen LogP contribution >= 0.6 is 0 Å². The Kier molecular flexibility index (Phi) is 6.99. The molecule has 0 saturated heterocycles. The lowest BCUT2D eigenvalue weighted by Gasteiger charge is -2.26. The SMILES string of the molecule is c1cnc2cc(-c3ccc(N(c4ccc(-c5cnc6cccnc6c5)cc4)c4ccc(-c5cc6oc7ccccc7c6cn5)cc4)cc3)cnc2c1. The van der Waals surface area contributed by atoms with E-state index in [9.17, 15) is 0 Å². The van der Waals surface area contributed by atoms with Crippen LogP contribution in [0.5, 0.6) is 0 Å². The largest absolute Gasteiger partial charge is 0.456 e. The van der Waals surface area contributed by atoms with Crippen molar-refractivity contribution in [2.75, 3.05) is 4.90 Å². The first kappa shape index (κ1) is 29.6. The molecule has 0 spiro atoms. The predicted octanol–water partition coefficient (Wildman–Crippen LogP) is 11.3. The molecule has 0 amide bonds. The molecule has 0 radical (unpaired) electrons. The molecule has 52 heavy (non-hydrogen) atoms. The van der Waals surface area contributed by atoms with Gasteiger partial charge in [0.15, 0.2) is 0 Å². The maximum atomic E-state index is 6.15. The molecule has 0 N–H and O–H groups in total. The van der Waals surface area contributed by atoms with Gasteiger partial charge >= 0.3 is 0 Å². The summed E-state index contributed by atoms with van der Waals surface area (Å²) in [4.78, 5) is 25.3. The zero-order chi connectivity index (χ0) is 34.4. The third-order valence-corrected chi connectivity index (χ3v) is 9.50. The van der Waals surface area contributed by atoms with Crippen molar-refractivity contribution in [1.82, 2.24) is 24.9 Å². The van der Waals surface area contributed by atoms with Crippen LogP contribution in [0, 0.1) is 0 Å². The first-order valence-corrected chi connectivity index (χ1v) is 17.0. The molecule has 0 fully saturated rings. The van der Waals surface area contributed by atoms with Crippen LogP contribution in [-0.4, -0.2) is 24.9 Å². The molecular formula is C45H28N6O. The topological polar surface area (TPSA) is 80.8 Å². The summed E-state index contributed by atoms with van der Waals surface area (Å²) in [5.74, 6) is 0. The highest BCUT2D eigenvalue weighted by atomic mass is 16.3. The van der Waals surface area contributed by atoms with Crippen molar-refractivity contribution in [3.05, 3.63) is 171 Å². The fourth-order valence-corrected chi connectivity index (χ4v) is 6.83. The van der Waals surface area contributed by atoms with E-state index in [4.69, 9.17) is 9.40 Å². The van der Waals surface area contributed by atoms with Crippen molar-refractivity contribution >= 4 is 61.1 Å². The van der Waals surface area contributed by atoms with E-state index in [-0.39, 0.29) is 0 Å². The summed E-state index contributed by atoms with van der Waals surface area (Å²) in [7, 11) is 0. The molecule has 0 bridgehead atoms. The van der Waals surface area contributed by atoms with Gasteiger partial charge in [0.1, 0.15) is 11.2 Å². The Morgan fingerprint density at radius 2 is 0.904 bits per heavy atom. The van der Waals surface area contributed by atoms with Gasteiger partial charge in [-0.3, -0.25) is 24.9 Å². The summed E-state index contributed by atoms with van der Waals surface area (Å²) in [6.07, 6.45) is 9.31. The number of fused-ring (bicyclic) bond motifs is 5.